The molecule has 1 aromatic carbocycles. The van der Waals surface area contributed by atoms with Crippen LogP contribution < -0.4 is 15.2 Å². The second-order valence-electron chi connectivity index (χ2n) is 5.58. The minimum Gasteiger partial charge on any atom is -0.493 e. The Hall–Kier alpha value is -1.75. The molecule has 1 aromatic rings. The maximum Gasteiger partial charge on any atom is 0.323 e. The Bertz CT molecular complexity index is 474. The summed E-state index contributed by atoms with van der Waals surface area (Å²) < 4.78 is 16.0. The molecule has 0 spiro atoms. The highest BCUT2D eigenvalue weighted by Gasteiger charge is 2.16. The summed E-state index contributed by atoms with van der Waals surface area (Å²) >= 11 is 0. The number of carbonyl (C=O) groups excluding carboxylic acids is 1. The summed E-state index contributed by atoms with van der Waals surface area (Å²) in [7, 11) is 1.60. The lowest BCUT2D eigenvalue weighted by molar-refractivity contribution is -0.144. The Morgan fingerprint density at radius 1 is 1.27 bits per heavy atom. The summed E-state index contributed by atoms with van der Waals surface area (Å²) in [6.45, 7) is 7.05. The second kappa shape index (κ2) is 9.30. The molecule has 0 aromatic heterocycles. The SMILES string of the molecule is CCOC(=O)C(N)Cc1ccc(OCCC(C)C)c(OC)c1. The van der Waals surface area contributed by atoms with Gasteiger partial charge in [0.15, 0.2) is 11.5 Å². The van der Waals surface area contributed by atoms with Crippen LogP contribution >= 0.6 is 0 Å². The van der Waals surface area contributed by atoms with Gasteiger partial charge in [-0.05, 0) is 43.4 Å². The zero-order chi connectivity index (χ0) is 16.5. The molecule has 0 aliphatic rings. The highest BCUT2D eigenvalue weighted by molar-refractivity contribution is 5.75. The molecule has 0 fully saturated rings. The van der Waals surface area contributed by atoms with Crippen molar-refractivity contribution < 1.29 is 19.0 Å². The zero-order valence-corrected chi connectivity index (χ0v) is 13.9. The third-order valence-corrected chi connectivity index (χ3v) is 3.23. The smallest absolute Gasteiger partial charge is 0.323 e. The molecule has 0 saturated carbocycles. The summed E-state index contributed by atoms with van der Waals surface area (Å²) in [5, 5.41) is 0. The molecule has 22 heavy (non-hydrogen) atoms. The van der Waals surface area contributed by atoms with E-state index in [1.807, 2.05) is 18.2 Å². The highest BCUT2D eigenvalue weighted by atomic mass is 16.5. The molecule has 0 bridgehead atoms. The molecule has 0 aliphatic heterocycles. The highest BCUT2D eigenvalue weighted by Crippen LogP contribution is 2.28. The summed E-state index contributed by atoms with van der Waals surface area (Å²) in [5.41, 5.74) is 6.74. The third-order valence-electron chi connectivity index (χ3n) is 3.23. The number of hydrogen-bond acceptors (Lipinski definition) is 5. The minimum atomic E-state index is -0.669. The summed E-state index contributed by atoms with van der Waals surface area (Å²) in [6.07, 6.45) is 1.39. The van der Waals surface area contributed by atoms with Crippen molar-refractivity contribution >= 4 is 5.97 Å². The van der Waals surface area contributed by atoms with E-state index in [1.54, 1.807) is 14.0 Å². The number of rotatable bonds is 9. The molecule has 5 heteroatoms. The van der Waals surface area contributed by atoms with Crippen LogP contribution in [0.5, 0.6) is 11.5 Å². The van der Waals surface area contributed by atoms with Crippen molar-refractivity contribution in [3.63, 3.8) is 0 Å². The second-order valence-corrected chi connectivity index (χ2v) is 5.58. The van der Waals surface area contributed by atoms with Gasteiger partial charge in [0.05, 0.1) is 20.3 Å². The van der Waals surface area contributed by atoms with Gasteiger partial charge in [0.2, 0.25) is 0 Å². The molecule has 1 unspecified atom stereocenters. The molecule has 0 heterocycles. The van der Waals surface area contributed by atoms with Crippen molar-refractivity contribution in [1.29, 1.82) is 0 Å². The molecule has 0 amide bonds. The molecular formula is C17H27NO4. The van der Waals surface area contributed by atoms with E-state index >= 15 is 0 Å². The Kier molecular flexibility index (Phi) is 7.74. The van der Waals surface area contributed by atoms with Gasteiger partial charge in [0.25, 0.3) is 0 Å². The fraction of sp³-hybridized carbons (Fsp3) is 0.588. The fourth-order valence-corrected chi connectivity index (χ4v) is 1.95. The van der Waals surface area contributed by atoms with Crippen LogP contribution in [-0.2, 0) is 16.0 Å². The van der Waals surface area contributed by atoms with Crippen molar-refractivity contribution in [2.45, 2.75) is 39.7 Å². The number of carbonyl (C=O) groups is 1. The zero-order valence-electron chi connectivity index (χ0n) is 13.9. The largest absolute Gasteiger partial charge is 0.493 e. The van der Waals surface area contributed by atoms with E-state index < -0.39 is 12.0 Å². The number of esters is 1. The Morgan fingerprint density at radius 3 is 2.59 bits per heavy atom. The molecule has 2 N–H and O–H groups in total. The van der Waals surface area contributed by atoms with E-state index in [0.717, 1.165) is 12.0 Å². The number of hydrogen-bond donors (Lipinski definition) is 1. The molecule has 5 nitrogen and oxygen atoms in total. The number of benzene rings is 1. The quantitative estimate of drug-likeness (QED) is 0.710. The van der Waals surface area contributed by atoms with Gasteiger partial charge in [-0.2, -0.15) is 0 Å². The summed E-state index contributed by atoms with van der Waals surface area (Å²) in [6, 6.07) is 4.93. The first-order valence-electron chi connectivity index (χ1n) is 7.69. The first-order valence-corrected chi connectivity index (χ1v) is 7.69. The Balaban J connectivity index is 2.69. The maximum absolute atomic E-state index is 11.6. The molecule has 1 rings (SSSR count). The lowest BCUT2D eigenvalue weighted by atomic mass is 10.1. The van der Waals surface area contributed by atoms with E-state index in [1.165, 1.54) is 0 Å². The van der Waals surface area contributed by atoms with Gasteiger partial charge in [-0.1, -0.05) is 19.9 Å². The van der Waals surface area contributed by atoms with Crippen molar-refractivity contribution in [3.8, 4) is 11.5 Å². The lowest BCUT2D eigenvalue weighted by Gasteiger charge is -2.14. The molecule has 124 valence electrons. The molecule has 0 saturated heterocycles. The van der Waals surface area contributed by atoms with E-state index in [0.29, 0.717) is 37.1 Å². The van der Waals surface area contributed by atoms with Crippen LogP contribution in [0.1, 0.15) is 32.8 Å². The van der Waals surface area contributed by atoms with Crippen LogP contribution in [0.15, 0.2) is 18.2 Å². The van der Waals surface area contributed by atoms with Crippen molar-refractivity contribution in [2.24, 2.45) is 11.7 Å². The normalized spacial score (nSPS) is 12.1. The maximum atomic E-state index is 11.6. The first-order chi connectivity index (χ1) is 10.5. The van der Waals surface area contributed by atoms with Crippen molar-refractivity contribution in [2.75, 3.05) is 20.3 Å². The van der Waals surface area contributed by atoms with Gasteiger partial charge in [0, 0.05) is 0 Å². The number of nitrogens with two attached hydrogens (primary N) is 1. The van der Waals surface area contributed by atoms with Gasteiger partial charge in [-0.15, -0.1) is 0 Å². The predicted octanol–water partition coefficient (Wildman–Crippen LogP) is 2.55. The van der Waals surface area contributed by atoms with E-state index in [9.17, 15) is 4.79 Å². The fourth-order valence-electron chi connectivity index (χ4n) is 1.95. The van der Waals surface area contributed by atoms with Gasteiger partial charge in [-0.3, -0.25) is 4.79 Å². The van der Waals surface area contributed by atoms with Gasteiger partial charge in [-0.25, -0.2) is 0 Å². The van der Waals surface area contributed by atoms with Crippen molar-refractivity contribution in [3.05, 3.63) is 23.8 Å². The molecule has 0 radical (unpaired) electrons. The molecule has 1 atom stereocenters. The van der Waals surface area contributed by atoms with Crippen LogP contribution in [0.25, 0.3) is 0 Å². The lowest BCUT2D eigenvalue weighted by Crippen LogP contribution is -2.34. The number of methoxy groups -OCH3 is 1. The Labute approximate surface area is 132 Å². The van der Waals surface area contributed by atoms with Crippen LogP contribution in [0.4, 0.5) is 0 Å². The van der Waals surface area contributed by atoms with Crippen molar-refractivity contribution in [1.82, 2.24) is 0 Å². The summed E-state index contributed by atoms with van der Waals surface area (Å²) in [4.78, 5) is 11.6. The van der Waals surface area contributed by atoms with Gasteiger partial charge >= 0.3 is 5.97 Å². The van der Waals surface area contributed by atoms with E-state index in [4.69, 9.17) is 19.9 Å². The van der Waals surface area contributed by atoms with E-state index in [2.05, 4.69) is 13.8 Å². The van der Waals surface area contributed by atoms with E-state index in [-0.39, 0.29) is 0 Å². The third kappa shape index (κ3) is 5.93. The average molecular weight is 309 g/mol. The first kappa shape index (κ1) is 18.3. The van der Waals surface area contributed by atoms with Crippen LogP contribution in [0, 0.1) is 5.92 Å². The average Bonchev–Trinajstić information content (AvgIpc) is 2.48. The van der Waals surface area contributed by atoms with Crippen LogP contribution in [0.2, 0.25) is 0 Å². The van der Waals surface area contributed by atoms with Gasteiger partial charge in [0.1, 0.15) is 6.04 Å². The van der Waals surface area contributed by atoms with Crippen LogP contribution in [0.3, 0.4) is 0 Å². The minimum absolute atomic E-state index is 0.332. The van der Waals surface area contributed by atoms with Crippen LogP contribution in [-0.4, -0.2) is 32.3 Å². The molecular weight excluding hydrogens is 282 g/mol. The standard InChI is InChI=1S/C17H27NO4/c1-5-21-17(19)14(18)10-13-6-7-15(16(11-13)20-4)22-9-8-12(2)3/h6-7,11-12,14H,5,8-10,18H2,1-4H3. The number of ether oxygens (including phenoxy) is 3. The predicted molar refractivity (Wildman–Crippen MR) is 86.3 cm³/mol. The Morgan fingerprint density at radius 2 is 2.00 bits per heavy atom. The molecule has 0 aliphatic carbocycles. The summed E-state index contributed by atoms with van der Waals surface area (Å²) in [5.74, 6) is 1.56. The topological polar surface area (TPSA) is 70.8 Å². The monoisotopic (exact) mass is 309 g/mol. The van der Waals surface area contributed by atoms with Gasteiger partial charge < -0.3 is 19.9 Å².